The first-order chi connectivity index (χ1) is 9.11. The lowest BCUT2D eigenvalue weighted by atomic mass is 10.2. The smallest absolute Gasteiger partial charge is 0.157 e. The minimum atomic E-state index is -0.481. The van der Waals surface area contributed by atoms with Crippen molar-refractivity contribution in [3.8, 4) is 0 Å². The van der Waals surface area contributed by atoms with E-state index in [0.29, 0.717) is 18.6 Å². The molecule has 0 saturated carbocycles. The largest absolute Gasteiger partial charge is 0.383 e. The Morgan fingerprint density at radius 1 is 1.42 bits per heavy atom. The molecule has 19 heavy (non-hydrogen) atoms. The summed E-state index contributed by atoms with van der Waals surface area (Å²) in [6, 6.07) is 4.35. The average Bonchev–Trinajstić information content (AvgIpc) is 2.40. The van der Waals surface area contributed by atoms with Crippen LogP contribution in [-0.2, 0) is 6.54 Å². The Morgan fingerprint density at radius 3 is 2.89 bits per heavy atom. The number of anilines is 2. The van der Waals surface area contributed by atoms with Gasteiger partial charge in [-0.1, -0.05) is 17.7 Å². The second-order valence-corrected chi connectivity index (χ2v) is 4.15. The Balaban J connectivity index is 2.16. The van der Waals surface area contributed by atoms with Crippen LogP contribution in [0.15, 0.2) is 24.5 Å². The van der Waals surface area contributed by atoms with Crippen molar-refractivity contribution in [2.45, 2.75) is 6.54 Å². The first kappa shape index (κ1) is 13.2. The molecule has 0 radical (unpaired) electrons. The van der Waals surface area contributed by atoms with Crippen LogP contribution in [0.25, 0.3) is 0 Å². The molecule has 0 unspecified atom stereocenters. The molecule has 2 aromatic rings. The number of rotatable bonds is 4. The Hall–Kier alpha value is -2.21. The van der Waals surface area contributed by atoms with Gasteiger partial charge in [-0.2, -0.15) is 0 Å². The number of nitrogens with one attached hydrogen (secondary N) is 1. The number of nitrogens with zero attached hydrogens (tertiary/aromatic N) is 2. The SMILES string of the molecule is Nc1ncnc(NCc2ccc(F)c(Cl)c2)c1C=O. The standard InChI is InChI=1S/C12H10ClFN4O/c13-9-3-7(1-2-10(9)14)4-16-12-8(5-19)11(15)17-6-18-12/h1-3,5-6H,4H2,(H3,15,16,17,18). The summed E-state index contributed by atoms with van der Waals surface area (Å²) in [7, 11) is 0. The maximum atomic E-state index is 13.0. The Bertz CT molecular complexity index is 621. The van der Waals surface area contributed by atoms with Gasteiger partial charge in [0.2, 0.25) is 0 Å². The number of hydrogen-bond donors (Lipinski definition) is 2. The quantitative estimate of drug-likeness (QED) is 0.840. The number of aromatic nitrogens is 2. The van der Waals surface area contributed by atoms with Gasteiger partial charge in [-0.25, -0.2) is 14.4 Å². The predicted octanol–water partition coefficient (Wildman–Crippen LogP) is 2.28. The van der Waals surface area contributed by atoms with Gasteiger partial charge < -0.3 is 11.1 Å². The Morgan fingerprint density at radius 2 is 2.21 bits per heavy atom. The molecule has 0 aliphatic heterocycles. The van der Waals surface area contributed by atoms with Gasteiger partial charge in [0.05, 0.1) is 10.6 Å². The molecular weight excluding hydrogens is 271 g/mol. The fraction of sp³-hybridized carbons (Fsp3) is 0.0833. The molecule has 98 valence electrons. The maximum absolute atomic E-state index is 13.0. The highest BCUT2D eigenvalue weighted by atomic mass is 35.5. The third kappa shape index (κ3) is 2.97. The Kier molecular flexibility index (Phi) is 3.91. The van der Waals surface area contributed by atoms with Gasteiger partial charge in [0.1, 0.15) is 23.8 Å². The highest BCUT2D eigenvalue weighted by molar-refractivity contribution is 6.30. The number of carbonyl (C=O) groups is 1. The van der Waals surface area contributed by atoms with Crippen molar-refractivity contribution in [1.29, 1.82) is 0 Å². The summed E-state index contributed by atoms with van der Waals surface area (Å²) in [4.78, 5) is 18.5. The van der Waals surface area contributed by atoms with Crippen LogP contribution < -0.4 is 11.1 Å². The number of nitrogens with two attached hydrogens (primary N) is 1. The lowest BCUT2D eigenvalue weighted by molar-refractivity contribution is 0.112. The first-order valence-corrected chi connectivity index (χ1v) is 5.73. The van der Waals surface area contributed by atoms with Crippen molar-refractivity contribution in [3.05, 3.63) is 46.5 Å². The molecular formula is C12H10ClFN4O. The molecule has 0 spiro atoms. The average molecular weight is 281 g/mol. The summed E-state index contributed by atoms with van der Waals surface area (Å²) in [6.07, 6.45) is 1.83. The number of halogens is 2. The second kappa shape index (κ2) is 5.62. The summed E-state index contributed by atoms with van der Waals surface area (Å²) in [6.45, 7) is 0.331. The van der Waals surface area contributed by atoms with E-state index in [1.165, 1.54) is 18.5 Å². The molecule has 0 amide bonds. The van der Waals surface area contributed by atoms with Crippen LogP contribution in [0, 0.1) is 5.82 Å². The van der Waals surface area contributed by atoms with Crippen LogP contribution in [-0.4, -0.2) is 16.3 Å². The molecule has 0 aliphatic carbocycles. The van der Waals surface area contributed by atoms with E-state index < -0.39 is 5.82 Å². The molecule has 1 heterocycles. The fourth-order valence-electron chi connectivity index (χ4n) is 1.50. The zero-order valence-electron chi connectivity index (χ0n) is 9.73. The highest BCUT2D eigenvalue weighted by Gasteiger charge is 2.08. The normalized spacial score (nSPS) is 10.2. The van der Waals surface area contributed by atoms with Crippen molar-refractivity contribution in [1.82, 2.24) is 9.97 Å². The van der Waals surface area contributed by atoms with Gasteiger partial charge in [-0.15, -0.1) is 0 Å². The molecule has 1 aromatic heterocycles. The van der Waals surface area contributed by atoms with Gasteiger partial charge in [0.15, 0.2) is 6.29 Å². The highest BCUT2D eigenvalue weighted by Crippen LogP contribution is 2.18. The molecule has 3 N–H and O–H groups in total. The Labute approximate surface area is 113 Å². The van der Waals surface area contributed by atoms with Gasteiger partial charge in [0.25, 0.3) is 0 Å². The van der Waals surface area contributed by atoms with E-state index in [2.05, 4.69) is 15.3 Å². The van der Waals surface area contributed by atoms with Crippen molar-refractivity contribution >= 4 is 29.5 Å². The van der Waals surface area contributed by atoms with Crippen LogP contribution in [0.2, 0.25) is 5.02 Å². The van der Waals surface area contributed by atoms with E-state index in [0.717, 1.165) is 5.56 Å². The molecule has 7 heteroatoms. The maximum Gasteiger partial charge on any atom is 0.157 e. The van der Waals surface area contributed by atoms with Gasteiger partial charge in [-0.05, 0) is 17.7 Å². The van der Waals surface area contributed by atoms with Crippen molar-refractivity contribution in [2.24, 2.45) is 0 Å². The third-order valence-electron chi connectivity index (χ3n) is 2.48. The van der Waals surface area contributed by atoms with Crippen LogP contribution >= 0.6 is 11.6 Å². The van der Waals surface area contributed by atoms with Gasteiger partial charge >= 0.3 is 0 Å². The minimum absolute atomic E-state index is 0.0390. The monoisotopic (exact) mass is 280 g/mol. The van der Waals surface area contributed by atoms with E-state index in [1.54, 1.807) is 6.07 Å². The molecule has 0 fully saturated rings. The molecule has 0 aliphatic rings. The number of hydrogen-bond acceptors (Lipinski definition) is 5. The zero-order chi connectivity index (χ0) is 13.8. The molecule has 0 bridgehead atoms. The van der Waals surface area contributed by atoms with Crippen molar-refractivity contribution < 1.29 is 9.18 Å². The molecule has 1 aromatic carbocycles. The lowest BCUT2D eigenvalue weighted by Gasteiger charge is -2.09. The number of benzene rings is 1. The predicted molar refractivity (Wildman–Crippen MR) is 70.6 cm³/mol. The van der Waals surface area contributed by atoms with Gasteiger partial charge in [-0.3, -0.25) is 4.79 Å². The van der Waals surface area contributed by atoms with E-state index >= 15 is 0 Å². The van der Waals surface area contributed by atoms with Gasteiger partial charge in [0, 0.05) is 6.54 Å². The number of aldehydes is 1. The van der Waals surface area contributed by atoms with Crippen molar-refractivity contribution in [2.75, 3.05) is 11.1 Å². The number of nitrogen functional groups attached to an aromatic ring is 1. The summed E-state index contributed by atoms with van der Waals surface area (Å²) in [5.74, 6) is -0.0575. The van der Waals surface area contributed by atoms with Crippen LogP contribution in [0.5, 0.6) is 0 Å². The van der Waals surface area contributed by atoms with Crippen LogP contribution in [0.4, 0.5) is 16.0 Å². The molecule has 2 rings (SSSR count). The van der Waals surface area contributed by atoms with Crippen LogP contribution in [0.3, 0.4) is 0 Å². The molecule has 0 saturated heterocycles. The third-order valence-corrected chi connectivity index (χ3v) is 2.77. The van der Waals surface area contributed by atoms with E-state index in [9.17, 15) is 9.18 Å². The molecule has 0 atom stereocenters. The van der Waals surface area contributed by atoms with Crippen LogP contribution in [0.1, 0.15) is 15.9 Å². The lowest BCUT2D eigenvalue weighted by Crippen LogP contribution is -2.08. The van der Waals surface area contributed by atoms with E-state index in [4.69, 9.17) is 17.3 Å². The second-order valence-electron chi connectivity index (χ2n) is 3.74. The fourth-order valence-corrected chi connectivity index (χ4v) is 1.70. The van der Waals surface area contributed by atoms with Crippen molar-refractivity contribution in [3.63, 3.8) is 0 Å². The summed E-state index contributed by atoms with van der Waals surface area (Å²) in [5, 5.41) is 2.96. The molecule has 5 nitrogen and oxygen atoms in total. The summed E-state index contributed by atoms with van der Waals surface area (Å²) in [5.41, 5.74) is 6.49. The van der Waals surface area contributed by atoms with E-state index in [1.807, 2.05) is 0 Å². The zero-order valence-corrected chi connectivity index (χ0v) is 10.5. The van der Waals surface area contributed by atoms with E-state index in [-0.39, 0.29) is 16.4 Å². The topological polar surface area (TPSA) is 80.9 Å². The summed E-state index contributed by atoms with van der Waals surface area (Å²) >= 11 is 5.67. The first-order valence-electron chi connectivity index (χ1n) is 5.35. The summed E-state index contributed by atoms with van der Waals surface area (Å²) < 4.78 is 13.0. The minimum Gasteiger partial charge on any atom is -0.383 e. The number of carbonyl (C=O) groups excluding carboxylic acids is 1.